The number of ketones is 1. The molecule has 10 nitrogen and oxygen atoms in total. The Morgan fingerprint density at radius 3 is 1.97 bits per heavy atom. The second-order valence-corrected chi connectivity index (χ2v) is 9.64. The predicted octanol–water partition coefficient (Wildman–Crippen LogP) is 1.38. The molecule has 0 aliphatic carbocycles. The average molecular weight is 485 g/mol. The van der Waals surface area contributed by atoms with Crippen LogP contribution in [0.25, 0.3) is 0 Å². The van der Waals surface area contributed by atoms with E-state index in [0.717, 1.165) is 0 Å². The number of hydrogen-bond donors (Lipinski definition) is 5. The van der Waals surface area contributed by atoms with E-state index in [9.17, 15) is 24.0 Å². The summed E-state index contributed by atoms with van der Waals surface area (Å²) in [5.41, 5.74) is 0. The van der Waals surface area contributed by atoms with E-state index >= 15 is 0 Å². The summed E-state index contributed by atoms with van der Waals surface area (Å²) in [7, 11) is 0. The van der Waals surface area contributed by atoms with Gasteiger partial charge in [0, 0.05) is 24.9 Å². The minimum absolute atomic E-state index is 0.0731. The van der Waals surface area contributed by atoms with E-state index in [-0.39, 0.29) is 48.9 Å². The van der Waals surface area contributed by atoms with Crippen LogP contribution in [0.3, 0.4) is 0 Å². The first-order valence-corrected chi connectivity index (χ1v) is 12.2. The molecule has 196 valence electrons. The first-order chi connectivity index (χ1) is 15.8. The molecule has 0 saturated carbocycles. The molecule has 0 aliphatic rings. The number of carbonyl (C=O) groups excluding carboxylic acids is 4. The van der Waals surface area contributed by atoms with Crippen molar-refractivity contribution in [3.63, 3.8) is 0 Å². The van der Waals surface area contributed by atoms with Gasteiger partial charge in [-0.15, -0.1) is 0 Å². The Balaban J connectivity index is 4.63. The summed E-state index contributed by atoms with van der Waals surface area (Å²) < 4.78 is 0. The lowest BCUT2D eigenvalue weighted by Crippen LogP contribution is -2.51. The SMILES string of the molecule is CC(C)C[C@H](NC(C)C)C(=O)NCC(=O)N[C@@H](CCCCNC(=O)CCC(=O)O)C(=O)C(C)C. The van der Waals surface area contributed by atoms with Crippen LogP contribution in [-0.2, 0) is 24.0 Å². The van der Waals surface area contributed by atoms with E-state index in [2.05, 4.69) is 21.3 Å². The molecule has 0 bridgehead atoms. The largest absolute Gasteiger partial charge is 0.481 e. The second-order valence-electron chi connectivity index (χ2n) is 9.64. The van der Waals surface area contributed by atoms with Crippen molar-refractivity contribution in [3.8, 4) is 0 Å². The van der Waals surface area contributed by atoms with Crippen LogP contribution in [0.1, 0.15) is 80.1 Å². The summed E-state index contributed by atoms with van der Waals surface area (Å²) >= 11 is 0. The molecule has 34 heavy (non-hydrogen) atoms. The lowest BCUT2D eigenvalue weighted by atomic mass is 9.97. The van der Waals surface area contributed by atoms with Crippen molar-refractivity contribution >= 4 is 29.5 Å². The third-order valence-corrected chi connectivity index (χ3v) is 5.04. The van der Waals surface area contributed by atoms with Crippen LogP contribution in [0.5, 0.6) is 0 Å². The molecule has 0 unspecified atom stereocenters. The van der Waals surface area contributed by atoms with Gasteiger partial charge in [-0.3, -0.25) is 24.0 Å². The lowest BCUT2D eigenvalue weighted by Gasteiger charge is -2.23. The highest BCUT2D eigenvalue weighted by Crippen LogP contribution is 2.09. The zero-order valence-corrected chi connectivity index (χ0v) is 21.5. The molecule has 0 saturated heterocycles. The highest BCUT2D eigenvalue weighted by atomic mass is 16.4. The third-order valence-electron chi connectivity index (χ3n) is 5.04. The Bertz CT molecular complexity index is 668. The predicted molar refractivity (Wildman–Crippen MR) is 130 cm³/mol. The van der Waals surface area contributed by atoms with Gasteiger partial charge in [-0.2, -0.15) is 0 Å². The number of aliphatic carboxylic acids is 1. The molecular weight excluding hydrogens is 440 g/mol. The van der Waals surface area contributed by atoms with Crippen LogP contribution in [-0.4, -0.2) is 65.8 Å². The van der Waals surface area contributed by atoms with E-state index < -0.39 is 24.0 Å². The van der Waals surface area contributed by atoms with Gasteiger partial charge < -0.3 is 26.4 Å². The average Bonchev–Trinajstić information content (AvgIpc) is 2.73. The summed E-state index contributed by atoms with van der Waals surface area (Å²) in [5.74, 6) is -2.07. The number of amides is 3. The van der Waals surface area contributed by atoms with Crippen LogP contribution in [0, 0.1) is 11.8 Å². The van der Waals surface area contributed by atoms with Crippen molar-refractivity contribution < 1.29 is 29.1 Å². The Hall–Kier alpha value is -2.49. The molecule has 10 heteroatoms. The maximum Gasteiger partial charge on any atom is 0.303 e. The number of hydrogen-bond acceptors (Lipinski definition) is 6. The molecular formula is C24H44N4O6. The fourth-order valence-corrected chi connectivity index (χ4v) is 3.36. The number of carboxylic acids is 1. The summed E-state index contributed by atoms with van der Waals surface area (Å²) in [4.78, 5) is 59.6. The van der Waals surface area contributed by atoms with Crippen LogP contribution in [0.2, 0.25) is 0 Å². The normalized spacial score (nSPS) is 13.0. The van der Waals surface area contributed by atoms with Crippen molar-refractivity contribution in [2.24, 2.45) is 11.8 Å². The maximum absolute atomic E-state index is 12.6. The Morgan fingerprint density at radius 2 is 1.44 bits per heavy atom. The summed E-state index contributed by atoms with van der Waals surface area (Å²) in [6.07, 6.45) is 1.94. The number of unbranched alkanes of at least 4 members (excludes halogenated alkanes) is 1. The Morgan fingerprint density at radius 1 is 0.794 bits per heavy atom. The van der Waals surface area contributed by atoms with Crippen molar-refractivity contribution in [3.05, 3.63) is 0 Å². The van der Waals surface area contributed by atoms with Crippen molar-refractivity contribution in [2.45, 2.75) is 98.2 Å². The van der Waals surface area contributed by atoms with Gasteiger partial charge in [0.05, 0.1) is 25.0 Å². The third kappa shape index (κ3) is 15.4. The summed E-state index contributed by atoms with van der Waals surface area (Å²) in [5, 5.41) is 19.8. The molecule has 0 heterocycles. The maximum atomic E-state index is 12.6. The standard InChI is InChI=1S/C24H44N4O6/c1-15(2)13-19(27-17(5)6)24(34)26-14-21(30)28-18(23(33)16(3)4)9-7-8-12-25-20(29)10-11-22(31)32/h15-19,27H,7-14H2,1-6H3,(H,25,29)(H,26,34)(H,28,30)(H,31,32)/t18-,19-/m0/s1. The molecule has 2 atom stereocenters. The molecule has 0 aliphatic heterocycles. The van der Waals surface area contributed by atoms with E-state index in [1.807, 2.05) is 27.7 Å². The van der Waals surface area contributed by atoms with Crippen molar-refractivity contribution in [2.75, 3.05) is 13.1 Å². The minimum Gasteiger partial charge on any atom is -0.481 e. The van der Waals surface area contributed by atoms with E-state index in [1.165, 1.54) is 0 Å². The highest BCUT2D eigenvalue weighted by Gasteiger charge is 2.24. The number of carboxylic acid groups (broad SMARTS) is 1. The van der Waals surface area contributed by atoms with Gasteiger partial charge in [-0.1, -0.05) is 41.5 Å². The van der Waals surface area contributed by atoms with Gasteiger partial charge >= 0.3 is 5.97 Å². The summed E-state index contributed by atoms with van der Waals surface area (Å²) in [6.45, 7) is 11.6. The van der Waals surface area contributed by atoms with E-state index in [1.54, 1.807) is 13.8 Å². The smallest absolute Gasteiger partial charge is 0.303 e. The molecule has 5 N–H and O–H groups in total. The van der Waals surface area contributed by atoms with Crippen molar-refractivity contribution in [1.82, 2.24) is 21.3 Å². The highest BCUT2D eigenvalue weighted by molar-refractivity contribution is 5.92. The first-order valence-electron chi connectivity index (χ1n) is 12.2. The first kappa shape index (κ1) is 31.5. The van der Waals surface area contributed by atoms with Gasteiger partial charge in [0.25, 0.3) is 0 Å². The Kier molecular flexibility index (Phi) is 15.8. The molecule has 3 amide bonds. The molecule has 0 fully saturated rings. The van der Waals surface area contributed by atoms with Crippen molar-refractivity contribution in [1.29, 1.82) is 0 Å². The molecule has 0 radical (unpaired) electrons. The number of nitrogens with one attached hydrogen (secondary N) is 4. The monoisotopic (exact) mass is 484 g/mol. The molecule has 0 aromatic rings. The Labute approximate surface area is 203 Å². The minimum atomic E-state index is -1.02. The fraction of sp³-hybridized carbons (Fsp3) is 0.792. The molecule has 0 aromatic heterocycles. The van der Waals surface area contributed by atoms with Crippen LogP contribution >= 0.6 is 0 Å². The number of Topliss-reactive ketones (excluding diaryl/α,β-unsaturated/α-hetero) is 1. The fourth-order valence-electron chi connectivity index (χ4n) is 3.36. The zero-order valence-electron chi connectivity index (χ0n) is 21.5. The van der Waals surface area contributed by atoms with Gasteiger partial charge in [-0.25, -0.2) is 0 Å². The second kappa shape index (κ2) is 17.0. The van der Waals surface area contributed by atoms with Gasteiger partial charge in [-0.05, 0) is 31.6 Å². The zero-order chi connectivity index (χ0) is 26.3. The van der Waals surface area contributed by atoms with E-state index in [0.29, 0.717) is 38.1 Å². The lowest BCUT2D eigenvalue weighted by molar-refractivity contribution is -0.138. The van der Waals surface area contributed by atoms with Crippen LogP contribution < -0.4 is 21.3 Å². The van der Waals surface area contributed by atoms with Gasteiger partial charge in [0.15, 0.2) is 5.78 Å². The van der Waals surface area contributed by atoms with Gasteiger partial charge in [0.2, 0.25) is 17.7 Å². The van der Waals surface area contributed by atoms with Crippen LogP contribution in [0.4, 0.5) is 0 Å². The quantitative estimate of drug-likeness (QED) is 0.184. The molecule has 0 spiro atoms. The van der Waals surface area contributed by atoms with Gasteiger partial charge in [0.1, 0.15) is 0 Å². The molecule has 0 aromatic carbocycles. The number of rotatable bonds is 18. The number of carbonyl (C=O) groups is 5. The van der Waals surface area contributed by atoms with Crippen LogP contribution in [0.15, 0.2) is 0 Å². The van der Waals surface area contributed by atoms with E-state index in [4.69, 9.17) is 5.11 Å². The molecule has 0 rings (SSSR count). The topological polar surface area (TPSA) is 154 Å². The summed E-state index contributed by atoms with van der Waals surface area (Å²) in [6, 6.07) is -0.947.